The predicted octanol–water partition coefficient (Wildman–Crippen LogP) is 1.87. The average Bonchev–Trinajstić information content (AvgIpc) is 2.77. The lowest BCUT2D eigenvalue weighted by molar-refractivity contribution is -0.125. The second-order valence-corrected chi connectivity index (χ2v) is 6.31. The van der Waals surface area contributed by atoms with E-state index >= 15 is 0 Å². The number of carbonyl (C=O) groups excluding carboxylic acids is 1. The minimum absolute atomic E-state index is 0.00139. The van der Waals surface area contributed by atoms with E-state index in [0.29, 0.717) is 17.5 Å². The molecule has 1 aliphatic heterocycles. The molecular formula is C13H19ClN4O. The second kappa shape index (κ2) is 5.33. The van der Waals surface area contributed by atoms with Gasteiger partial charge in [-0.15, -0.1) is 0 Å². The van der Waals surface area contributed by atoms with E-state index in [9.17, 15) is 4.79 Å². The van der Waals surface area contributed by atoms with Crippen molar-refractivity contribution in [1.82, 2.24) is 15.3 Å². The second-order valence-electron chi connectivity index (χ2n) is 5.87. The Morgan fingerprint density at radius 1 is 1.42 bits per heavy atom. The van der Waals surface area contributed by atoms with Crippen molar-refractivity contribution < 1.29 is 4.79 Å². The highest BCUT2D eigenvalue weighted by atomic mass is 35.5. The van der Waals surface area contributed by atoms with Gasteiger partial charge in [0, 0.05) is 18.6 Å². The molecule has 2 rings (SSSR count). The Morgan fingerprint density at radius 2 is 2.05 bits per heavy atom. The Morgan fingerprint density at radius 3 is 2.63 bits per heavy atom. The van der Waals surface area contributed by atoms with Crippen molar-refractivity contribution in [2.24, 2.45) is 5.92 Å². The van der Waals surface area contributed by atoms with Gasteiger partial charge in [-0.2, -0.15) is 0 Å². The van der Waals surface area contributed by atoms with Crippen LogP contribution in [0.1, 0.15) is 27.2 Å². The number of rotatable bonds is 2. The smallest absolute Gasteiger partial charge is 0.225 e. The molecule has 1 amide bonds. The maximum Gasteiger partial charge on any atom is 0.225 e. The number of amides is 1. The van der Waals surface area contributed by atoms with Gasteiger partial charge < -0.3 is 10.2 Å². The minimum atomic E-state index is -0.193. The Kier molecular flexibility index (Phi) is 3.94. The standard InChI is InChI=1S/C13H19ClN4O/c1-13(2,3)17-11(19)9-4-5-18(8-9)12-15-6-10(14)7-16-12/h6-7,9H,4-5,8H2,1-3H3,(H,17,19). The van der Waals surface area contributed by atoms with E-state index in [-0.39, 0.29) is 17.4 Å². The van der Waals surface area contributed by atoms with Crippen LogP contribution in [-0.4, -0.2) is 34.5 Å². The van der Waals surface area contributed by atoms with Crippen molar-refractivity contribution in [3.8, 4) is 0 Å². The minimum Gasteiger partial charge on any atom is -0.351 e. The number of hydrogen-bond acceptors (Lipinski definition) is 4. The van der Waals surface area contributed by atoms with Gasteiger partial charge in [-0.1, -0.05) is 11.6 Å². The fraction of sp³-hybridized carbons (Fsp3) is 0.615. The van der Waals surface area contributed by atoms with Gasteiger partial charge in [-0.3, -0.25) is 4.79 Å². The highest BCUT2D eigenvalue weighted by Crippen LogP contribution is 2.21. The van der Waals surface area contributed by atoms with Gasteiger partial charge in [-0.25, -0.2) is 9.97 Å². The first-order valence-corrected chi connectivity index (χ1v) is 6.77. The van der Waals surface area contributed by atoms with E-state index in [4.69, 9.17) is 11.6 Å². The summed E-state index contributed by atoms with van der Waals surface area (Å²) in [5, 5.41) is 3.53. The lowest BCUT2D eigenvalue weighted by Crippen LogP contribution is -2.44. The van der Waals surface area contributed by atoms with Gasteiger partial charge in [0.25, 0.3) is 0 Å². The molecule has 2 heterocycles. The monoisotopic (exact) mass is 282 g/mol. The lowest BCUT2D eigenvalue weighted by Gasteiger charge is -2.23. The molecule has 1 aromatic rings. The molecular weight excluding hydrogens is 264 g/mol. The quantitative estimate of drug-likeness (QED) is 0.900. The fourth-order valence-corrected chi connectivity index (χ4v) is 2.19. The molecule has 1 saturated heterocycles. The summed E-state index contributed by atoms with van der Waals surface area (Å²) in [6, 6.07) is 0. The summed E-state index contributed by atoms with van der Waals surface area (Å²) in [5.41, 5.74) is -0.193. The molecule has 5 nitrogen and oxygen atoms in total. The van der Waals surface area contributed by atoms with Crippen molar-refractivity contribution in [3.63, 3.8) is 0 Å². The highest BCUT2D eigenvalue weighted by molar-refractivity contribution is 6.30. The molecule has 19 heavy (non-hydrogen) atoms. The van der Waals surface area contributed by atoms with Crippen LogP contribution in [0.5, 0.6) is 0 Å². The summed E-state index contributed by atoms with van der Waals surface area (Å²) >= 11 is 5.76. The van der Waals surface area contributed by atoms with Crippen LogP contribution in [0.2, 0.25) is 5.02 Å². The van der Waals surface area contributed by atoms with E-state index < -0.39 is 0 Å². The third-order valence-corrected chi connectivity index (χ3v) is 3.14. The van der Waals surface area contributed by atoms with E-state index in [1.165, 1.54) is 0 Å². The van der Waals surface area contributed by atoms with Gasteiger partial charge in [0.15, 0.2) is 0 Å². The maximum absolute atomic E-state index is 12.1. The SMILES string of the molecule is CC(C)(C)NC(=O)C1CCN(c2ncc(Cl)cn2)C1. The highest BCUT2D eigenvalue weighted by Gasteiger charge is 2.31. The summed E-state index contributed by atoms with van der Waals surface area (Å²) in [6.07, 6.45) is 3.98. The van der Waals surface area contributed by atoms with Gasteiger partial charge in [0.1, 0.15) is 0 Å². The zero-order chi connectivity index (χ0) is 14.0. The number of aromatic nitrogens is 2. The molecule has 0 spiro atoms. The third kappa shape index (κ3) is 3.80. The van der Waals surface area contributed by atoms with Crippen molar-refractivity contribution >= 4 is 23.5 Å². The number of carbonyl (C=O) groups is 1. The van der Waals surface area contributed by atoms with E-state index in [1.54, 1.807) is 12.4 Å². The van der Waals surface area contributed by atoms with Crippen LogP contribution in [0.15, 0.2) is 12.4 Å². The van der Waals surface area contributed by atoms with Gasteiger partial charge >= 0.3 is 0 Å². The predicted molar refractivity (Wildman–Crippen MR) is 75.3 cm³/mol. The Labute approximate surface area is 118 Å². The van der Waals surface area contributed by atoms with Crippen LogP contribution in [0, 0.1) is 5.92 Å². The van der Waals surface area contributed by atoms with Crippen molar-refractivity contribution in [1.29, 1.82) is 0 Å². The van der Waals surface area contributed by atoms with Crippen LogP contribution < -0.4 is 10.2 Å². The van der Waals surface area contributed by atoms with Crippen LogP contribution in [0.3, 0.4) is 0 Å². The Balaban J connectivity index is 1.96. The van der Waals surface area contributed by atoms with Gasteiger partial charge in [0.2, 0.25) is 11.9 Å². The number of hydrogen-bond donors (Lipinski definition) is 1. The zero-order valence-corrected chi connectivity index (χ0v) is 12.2. The summed E-state index contributed by atoms with van der Waals surface area (Å²) in [6.45, 7) is 7.41. The van der Waals surface area contributed by atoms with Gasteiger partial charge in [0.05, 0.1) is 23.3 Å². The average molecular weight is 283 g/mol. The Hall–Kier alpha value is -1.36. The van der Waals surface area contributed by atoms with Crippen molar-refractivity contribution in [2.75, 3.05) is 18.0 Å². The summed E-state index contributed by atoms with van der Waals surface area (Å²) in [5.74, 6) is 0.734. The normalized spacial score (nSPS) is 19.6. The molecule has 1 unspecified atom stereocenters. The molecule has 1 aromatic heterocycles. The molecule has 0 aromatic carbocycles. The van der Waals surface area contributed by atoms with E-state index in [0.717, 1.165) is 13.0 Å². The van der Waals surface area contributed by atoms with Crippen LogP contribution >= 0.6 is 11.6 Å². The first-order valence-electron chi connectivity index (χ1n) is 6.40. The van der Waals surface area contributed by atoms with Crippen LogP contribution in [0.4, 0.5) is 5.95 Å². The number of nitrogens with one attached hydrogen (secondary N) is 1. The first-order chi connectivity index (χ1) is 8.85. The molecule has 1 fully saturated rings. The molecule has 0 radical (unpaired) electrons. The molecule has 104 valence electrons. The van der Waals surface area contributed by atoms with Crippen molar-refractivity contribution in [2.45, 2.75) is 32.7 Å². The largest absolute Gasteiger partial charge is 0.351 e. The Bertz CT molecular complexity index is 455. The maximum atomic E-state index is 12.1. The lowest BCUT2D eigenvalue weighted by atomic mass is 10.0. The molecule has 0 aliphatic carbocycles. The van der Waals surface area contributed by atoms with Crippen LogP contribution in [0.25, 0.3) is 0 Å². The molecule has 1 atom stereocenters. The molecule has 1 N–H and O–H groups in total. The molecule has 1 aliphatic rings. The summed E-state index contributed by atoms with van der Waals surface area (Å²) in [4.78, 5) is 22.5. The topological polar surface area (TPSA) is 58.1 Å². The molecule has 6 heteroatoms. The molecule has 0 bridgehead atoms. The zero-order valence-electron chi connectivity index (χ0n) is 11.5. The number of halogens is 1. The van der Waals surface area contributed by atoms with Crippen molar-refractivity contribution in [3.05, 3.63) is 17.4 Å². The number of anilines is 1. The third-order valence-electron chi connectivity index (χ3n) is 2.95. The van der Waals surface area contributed by atoms with E-state index in [1.807, 2.05) is 25.7 Å². The molecule has 0 saturated carbocycles. The fourth-order valence-electron chi connectivity index (χ4n) is 2.10. The summed E-state index contributed by atoms with van der Waals surface area (Å²) in [7, 11) is 0. The number of nitrogens with zero attached hydrogens (tertiary/aromatic N) is 3. The van der Waals surface area contributed by atoms with Gasteiger partial charge in [-0.05, 0) is 27.2 Å². The van der Waals surface area contributed by atoms with E-state index in [2.05, 4.69) is 15.3 Å². The van der Waals surface area contributed by atoms with Crippen LogP contribution in [-0.2, 0) is 4.79 Å². The summed E-state index contributed by atoms with van der Waals surface area (Å²) < 4.78 is 0. The first kappa shape index (κ1) is 14.1.